The second-order valence-electron chi connectivity index (χ2n) is 3.77. The van der Waals surface area contributed by atoms with Crippen molar-refractivity contribution in [3.8, 4) is 11.6 Å². The van der Waals surface area contributed by atoms with Crippen molar-refractivity contribution >= 4 is 28.4 Å². The first-order valence-electron chi connectivity index (χ1n) is 5.92. The van der Waals surface area contributed by atoms with Gasteiger partial charge in [-0.2, -0.15) is 5.10 Å². The molecule has 0 radical (unpaired) electrons. The summed E-state index contributed by atoms with van der Waals surface area (Å²) in [5.74, 6) is 2.05. The SMILES string of the molecule is CCCc1nc(-c2ncn[nH]2)nc(NCC)c1I. The van der Waals surface area contributed by atoms with E-state index in [2.05, 4.69) is 60.0 Å². The van der Waals surface area contributed by atoms with Crippen molar-refractivity contribution < 1.29 is 0 Å². The monoisotopic (exact) mass is 358 g/mol. The van der Waals surface area contributed by atoms with Crippen LogP contribution < -0.4 is 5.32 Å². The maximum atomic E-state index is 4.56. The summed E-state index contributed by atoms with van der Waals surface area (Å²) >= 11 is 2.29. The van der Waals surface area contributed by atoms with Gasteiger partial charge in [0, 0.05) is 6.54 Å². The first-order chi connectivity index (χ1) is 8.76. The molecule has 0 aromatic carbocycles. The summed E-state index contributed by atoms with van der Waals surface area (Å²) in [5, 5.41) is 9.89. The Morgan fingerprint density at radius 1 is 1.33 bits per heavy atom. The van der Waals surface area contributed by atoms with Crippen LogP contribution in [0.3, 0.4) is 0 Å². The molecule has 0 spiro atoms. The highest BCUT2D eigenvalue weighted by atomic mass is 127. The number of halogens is 1. The minimum Gasteiger partial charge on any atom is -0.369 e. The van der Waals surface area contributed by atoms with Crippen LogP contribution in [0.25, 0.3) is 11.6 Å². The van der Waals surface area contributed by atoms with Crippen LogP contribution in [0.4, 0.5) is 5.82 Å². The molecule has 7 heteroatoms. The molecule has 0 fully saturated rings. The molecule has 2 heterocycles. The number of hydrogen-bond donors (Lipinski definition) is 2. The second-order valence-corrected chi connectivity index (χ2v) is 4.85. The molecule has 0 aliphatic heterocycles. The number of hydrogen-bond acceptors (Lipinski definition) is 5. The van der Waals surface area contributed by atoms with Crippen LogP contribution in [0.2, 0.25) is 0 Å². The van der Waals surface area contributed by atoms with E-state index in [0.717, 1.165) is 34.5 Å². The van der Waals surface area contributed by atoms with Gasteiger partial charge in [0.2, 0.25) is 0 Å². The zero-order chi connectivity index (χ0) is 13.0. The molecule has 0 atom stereocenters. The van der Waals surface area contributed by atoms with Gasteiger partial charge in [-0.25, -0.2) is 15.0 Å². The van der Waals surface area contributed by atoms with E-state index in [-0.39, 0.29) is 0 Å². The molecule has 2 aromatic heterocycles. The van der Waals surface area contributed by atoms with E-state index in [1.807, 2.05) is 6.92 Å². The van der Waals surface area contributed by atoms with Gasteiger partial charge in [-0.05, 0) is 35.9 Å². The van der Waals surface area contributed by atoms with Crippen LogP contribution >= 0.6 is 22.6 Å². The summed E-state index contributed by atoms with van der Waals surface area (Å²) in [6, 6.07) is 0. The van der Waals surface area contributed by atoms with Gasteiger partial charge >= 0.3 is 0 Å². The molecule has 6 nitrogen and oxygen atoms in total. The normalized spacial score (nSPS) is 10.6. The van der Waals surface area contributed by atoms with Crippen LogP contribution in [0.5, 0.6) is 0 Å². The van der Waals surface area contributed by atoms with Crippen molar-refractivity contribution in [3.63, 3.8) is 0 Å². The van der Waals surface area contributed by atoms with Crippen LogP contribution in [-0.2, 0) is 6.42 Å². The lowest BCUT2D eigenvalue weighted by molar-refractivity contribution is 0.863. The number of anilines is 1. The first kappa shape index (κ1) is 13.2. The highest BCUT2D eigenvalue weighted by molar-refractivity contribution is 14.1. The number of rotatable bonds is 5. The molecule has 2 N–H and O–H groups in total. The largest absolute Gasteiger partial charge is 0.369 e. The number of aromatic nitrogens is 5. The molecule has 0 saturated carbocycles. The Balaban J connectivity index is 2.47. The van der Waals surface area contributed by atoms with Crippen molar-refractivity contribution in [1.29, 1.82) is 0 Å². The molecular weight excluding hydrogens is 343 g/mol. The van der Waals surface area contributed by atoms with Crippen LogP contribution in [0.1, 0.15) is 26.0 Å². The lowest BCUT2D eigenvalue weighted by Gasteiger charge is -2.10. The standard InChI is InChI=1S/C11H15IN6/c1-3-5-7-8(12)9(13-4-2)17-11(16-7)10-14-6-15-18-10/h6H,3-5H2,1-2H3,(H,13,16,17)(H,14,15,18). The fourth-order valence-corrected chi connectivity index (χ4v) is 2.30. The summed E-state index contributed by atoms with van der Waals surface area (Å²) in [4.78, 5) is 13.1. The van der Waals surface area contributed by atoms with Crippen molar-refractivity contribution in [3.05, 3.63) is 15.6 Å². The first-order valence-corrected chi connectivity index (χ1v) is 7.00. The summed E-state index contributed by atoms with van der Waals surface area (Å²) < 4.78 is 1.08. The van der Waals surface area contributed by atoms with Crippen molar-refractivity contribution in [1.82, 2.24) is 25.1 Å². The Morgan fingerprint density at radius 3 is 2.78 bits per heavy atom. The molecule has 96 valence electrons. The minimum atomic E-state index is 0.590. The molecule has 0 aliphatic carbocycles. The number of aromatic amines is 1. The van der Waals surface area contributed by atoms with Gasteiger partial charge in [-0.3, -0.25) is 5.10 Å². The predicted molar refractivity (Wildman–Crippen MR) is 78.3 cm³/mol. The molecule has 2 aromatic rings. The van der Waals surface area contributed by atoms with Crippen LogP contribution in [-0.4, -0.2) is 31.7 Å². The molecule has 2 rings (SSSR count). The van der Waals surface area contributed by atoms with Gasteiger partial charge in [0.1, 0.15) is 12.1 Å². The fraction of sp³-hybridized carbons (Fsp3) is 0.455. The maximum absolute atomic E-state index is 4.56. The van der Waals surface area contributed by atoms with E-state index >= 15 is 0 Å². The summed E-state index contributed by atoms with van der Waals surface area (Å²) in [6.07, 6.45) is 3.44. The molecule has 0 aliphatic rings. The Kier molecular flexibility index (Phi) is 4.45. The molecule has 0 unspecified atom stereocenters. The number of nitrogens with zero attached hydrogens (tertiary/aromatic N) is 4. The number of H-pyrrole nitrogens is 1. The quantitative estimate of drug-likeness (QED) is 0.802. The smallest absolute Gasteiger partial charge is 0.199 e. The lowest BCUT2D eigenvalue weighted by atomic mass is 10.2. The minimum absolute atomic E-state index is 0.590. The molecule has 18 heavy (non-hydrogen) atoms. The van der Waals surface area contributed by atoms with E-state index < -0.39 is 0 Å². The number of aryl methyl sites for hydroxylation is 1. The van der Waals surface area contributed by atoms with Gasteiger partial charge in [-0.1, -0.05) is 13.3 Å². The van der Waals surface area contributed by atoms with E-state index in [0.29, 0.717) is 11.6 Å². The van der Waals surface area contributed by atoms with E-state index in [9.17, 15) is 0 Å². The Bertz CT molecular complexity index is 483. The topological polar surface area (TPSA) is 79.4 Å². The van der Waals surface area contributed by atoms with Gasteiger partial charge in [0.25, 0.3) is 0 Å². The molecule has 0 amide bonds. The third kappa shape index (κ3) is 2.77. The Hall–Kier alpha value is -1.25. The average molecular weight is 358 g/mol. The highest BCUT2D eigenvalue weighted by Gasteiger charge is 2.13. The van der Waals surface area contributed by atoms with E-state index in [4.69, 9.17) is 0 Å². The van der Waals surface area contributed by atoms with Gasteiger partial charge in [-0.15, -0.1) is 0 Å². The summed E-state index contributed by atoms with van der Waals surface area (Å²) in [5.41, 5.74) is 1.05. The van der Waals surface area contributed by atoms with Crippen molar-refractivity contribution in [2.45, 2.75) is 26.7 Å². The maximum Gasteiger partial charge on any atom is 0.199 e. The van der Waals surface area contributed by atoms with Gasteiger partial charge < -0.3 is 5.32 Å². The second kappa shape index (κ2) is 6.07. The van der Waals surface area contributed by atoms with E-state index in [1.165, 1.54) is 6.33 Å². The van der Waals surface area contributed by atoms with Crippen molar-refractivity contribution in [2.75, 3.05) is 11.9 Å². The summed E-state index contributed by atoms with van der Waals surface area (Å²) in [6.45, 7) is 5.01. The van der Waals surface area contributed by atoms with Crippen LogP contribution in [0.15, 0.2) is 6.33 Å². The third-order valence-corrected chi connectivity index (χ3v) is 3.51. The zero-order valence-corrected chi connectivity index (χ0v) is 12.5. The lowest BCUT2D eigenvalue weighted by Crippen LogP contribution is -2.08. The zero-order valence-electron chi connectivity index (χ0n) is 10.4. The Labute approximate surface area is 119 Å². The molecule has 0 saturated heterocycles. The predicted octanol–water partition coefficient (Wildman–Crippen LogP) is 2.25. The van der Waals surface area contributed by atoms with Gasteiger partial charge in [0.15, 0.2) is 11.6 Å². The molecule has 0 bridgehead atoms. The average Bonchev–Trinajstić information content (AvgIpc) is 2.88. The van der Waals surface area contributed by atoms with Crippen molar-refractivity contribution in [2.24, 2.45) is 0 Å². The number of nitrogens with one attached hydrogen (secondary N) is 2. The summed E-state index contributed by atoms with van der Waals surface area (Å²) in [7, 11) is 0. The molecular formula is C11H15IN6. The van der Waals surface area contributed by atoms with E-state index in [1.54, 1.807) is 0 Å². The van der Waals surface area contributed by atoms with Gasteiger partial charge in [0.05, 0.1) is 9.26 Å². The Morgan fingerprint density at radius 2 is 2.17 bits per heavy atom. The van der Waals surface area contributed by atoms with Crippen LogP contribution in [0, 0.1) is 3.57 Å². The third-order valence-electron chi connectivity index (χ3n) is 2.38. The highest BCUT2D eigenvalue weighted by Crippen LogP contribution is 2.23. The fourth-order valence-electron chi connectivity index (χ4n) is 1.60.